The summed E-state index contributed by atoms with van der Waals surface area (Å²) in [7, 11) is 0. The Morgan fingerprint density at radius 3 is 2.75 bits per heavy atom. The van der Waals surface area contributed by atoms with E-state index in [1.165, 1.54) is 6.07 Å². The van der Waals surface area contributed by atoms with Gasteiger partial charge in [-0.25, -0.2) is 4.79 Å². The molecule has 0 spiro atoms. The van der Waals surface area contributed by atoms with E-state index in [1.807, 2.05) is 24.3 Å². The minimum atomic E-state index is -1.24. The molecule has 0 bridgehead atoms. The molecule has 0 fully saturated rings. The van der Waals surface area contributed by atoms with Crippen molar-refractivity contribution in [3.05, 3.63) is 59.0 Å². The second kappa shape index (κ2) is 4.49. The van der Waals surface area contributed by atoms with E-state index in [4.69, 9.17) is 9.52 Å². The molecule has 104 valence electrons. The number of carbonyl (C=O) groups is 1. The maximum absolute atomic E-state index is 11.0. The summed E-state index contributed by atoms with van der Waals surface area (Å²) in [5, 5.41) is 20.0. The molecule has 4 heteroatoms. The van der Waals surface area contributed by atoms with E-state index in [-0.39, 0.29) is 5.76 Å². The standard InChI is InChI=1S/C16H16O4/c1-10-8-9-16(19,12-5-3-2-4-11(10)12)14-7-6-13(20-14)15(17)18/h2-7,10,19H,8-9H2,1H3,(H,17,18). The van der Waals surface area contributed by atoms with Crippen LogP contribution in [0.1, 0.15) is 53.1 Å². The van der Waals surface area contributed by atoms with Crippen LogP contribution >= 0.6 is 0 Å². The predicted octanol–water partition coefficient (Wildman–Crippen LogP) is 3.11. The van der Waals surface area contributed by atoms with E-state index in [0.717, 1.165) is 17.5 Å². The Morgan fingerprint density at radius 1 is 1.30 bits per heavy atom. The first-order valence-electron chi connectivity index (χ1n) is 6.68. The van der Waals surface area contributed by atoms with Crippen molar-refractivity contribution in [2.75, 3.05) is 0 Å². The Labute approximate surface area is 116 Å². The van der Waals surface area contributed by atoms with Crippen molar-refractivity contribution in [3.8, 4) is 0 Å². The number of rotatable bonds is 2. The van der Waals surface area contributed by atoms with Crippen LogP contribution in [0.25, 0.3) is 0 Å². The molecule has 1 aromatic heterocycles. The molecule has 0 radical (unpaired) electrons. The van der Waals surface area contributed by atoms with Gasteiger partial charge in [0.25, 0.3) is 0 Å². The summed E-state index contributed by atoms with van der Waals surface area (Å²) in [6.45, 7) is 2.13. The summed E-state index contributed by atoms with van der Waals surface area (Å²) in [6.07, 6.45) is 1.36. The van der Waals surface area contributed by atoms with Crippen molar-refractivity contribution in [3.63, 3.8) is 0 Å². The molecule has 2 aromatic rings. The van der Waals surface area contributed by atoms with Gasteiger partial charge in [-0.1, -0.05) is 31.2 Å². The van der Waals surface area contributed by atoms with Crippen LogP contribution in [0.5, 0.6) is 0 Å². The smallest absolute Gasteiger partial charge is 0.371 e. The Hall–Kier alpha value is -2.07. The predicted molar refractivity (Wildman–Crippen MR) is 72.8 cm³/mol. The summed E-state index contributed by atoms with van der Waals surface area (Å²) in [4.78, 5) is 10.9. The monoisotopic (exact) mass is 272 g/mol. The number of furan rings is 1. The van der Waals surface area contributed by atoms with Gasteiger partial charge in [0.1, 0.15) is 11.4 Å². The number of benzene rings is 1. The minimum absolute atomic E-state index is 0.149. The van der Waals surface area contributed by atoms with Gasteiger partial charge in [-0.05, 0) is 42.0 Å². The van der Waals surface area contributed by atoms with Crippen molar-refractivity contribution < 1.29 is 19.4 Å². The molecule has 4 nitrogen and oxygen atoms in total. The first-order chi connectivity index (χ1) is 9.52. The summed E-state index contributed by atoms with van der Waals surface area (Å²) in [6, 6.07) is 10.7. The molecule has 2 unspecified atom stereocenters. The van der Waals surface area contributed by atoms with Crippen LogP contribution in [0.4, 0.5) is 0 Å². The molecule has 1 aliphatic rings. The van der Waals surface area contributed by atoms with E-state index >= 15 is 0 Å². The molecule has 0 saturated carbocycles. The number of hydrogen-bond donors (Lipinski definition) is 2. The minimum Gasteiger partial charge on any atom is -0.475 e. The summed E-state index contributed by atoms with van der Waals surface area (Å²) in [5.41, 5.74) is 0.663. The SMILES string of the molecule is CC1CCC(O)(c2ccc(C(=O)O)o2)c2ccccc21. The Kier molecular flexibility index (Phi) is 2.91. The van der Waals surface area contributed by atoms with E-state index in [2.05, 4.69) is 6.92 Å². The van der Waals surface area contributed by atoms with Crippen molar-refractivity contribution in [1.29, 1.82) is 0 Å². The van der Waals surface area contributed by atoms with Gasteiger partial charge in [-0.15, -0.1) is 0 Å². The third kappa shape index (κ3) is 1.84. The van der Waals surface area contributed by atoms with Gasteiger partial charge in [0.15, 0.2) is 0 Å². The quantitative estimate of drug-likeness (QED) is 0.881. The van der Waals surface area contributed by atoms with E-state index in [0.29, 0.717) is 18.1 Å². The van der Waals surface area contributed by atoms with Gasteiger partial charge < -0.3 is 14.6 Å². The zero-order chi connectivity index (χ0) is 14.3. The highest BCUT2D eigenvalue weighted by Crippen LogP contribution is 2.45. The van der Waals surface area contributed by atoms with Gasteiger partial charge in [-0.3, -0.25) is 0 Å². The summed E-state index contributed by atoms with van der Waals surface area (Å²) < 4.78 is 5.33. The zero-order valence-corrected chi connectivity index (χ0v) is 11.2. The first kappa shape index (κ1) is 12.9. The van der Waals surface area contributed by atoms with Gasteiger partial charge >= 0.3 is 5.97 Å². The van der Waals surface area contributed by atoms with Crippen LogP contribution in [0.15, 0.2) is 40.8 Å². The molecule has 0 aliphatic heterocycles. The Balaban J connectivity index is 2.12. The molecule has 3 rings (SSSR count). The maximum atomic E-state index is 11.0. The van der Waals surface area contributed by atoms with Gasteiger partial charge in [-0.2, -0.15) is 0 Å². The fourth-order valence-corrected chi connectivity index (χ4v) is 2.95. The molecule has 1 aliphatic carbocycles. The third-order valence-corrected chi connectivity index (χ3v) is 4.10. The van der Waals surface area contributed by atoms with E-state index in [9.17, 15) is 9.90 Å². The molecule has 2 N–H and O–H groups in total. The number of carboxylic acids is 1. The molecule has 0 saturated heterocycles. The number of hydrogen-bond acceptors (Lipinski definition) is 3. The van der Waals surface area contributed by atoms with Crippen LogP contribution in [0.3, 0.4) is 0 Å². The molecule has 20 heavy (non-hydrogen) atoms. The Bertz CT molecular complexity index is 658. The second-order valence-corrected chi connectivity index (χ2v) is 5.36. The highest BCUT2D eigenvalue weighted by molar-refractivity contribution is 5.84. The lowest BCUT2D eigenvalue weighted by atomic mass is 9.73. The molecule has 1 aromatic carbocycles. The molecular formula is C16H16O4. The Morgan fingerprint density at radius 2 is 2.05 bits per heavy atom. The maximum Gasteiger partial charge on any atom is 0.371 e. The van der Waals surface area contributed by atoms with E-state index in [1.54, 1.807) is 6.07 Å². The summed E-state index contributed by atoms with van der Waals surface area (Å²) in [5.74, 6) is -0.600. The normalized spacial score (nSPS) is 25.2. The number of aromatic carboxylic acids is 1. The fourth-order valence-electron chi connectivity index (χ4n) is 2.95. The highest BCUT2D eigenvalue weighted by atomic mass is 16.4. The van der Waals surface area contributed by atoms with Gasteiger partial charge in [0, 0.05) is 0 Å². The topological polar surface area (TPSA) is 70.7 Å². The van der Waals surface area contributed by atoms with Gasteiger partial charge in [0.2, 0.25) is 5.76 Å². The second-order valence-electron chi connectivity index (χ2n) is 5.36. The lowest BCUT2D eigenvalue weighted by molar-refractivity contribution is 0.0331. The number of carboxylic acid groups (broad SMARTS) is 1. The molecule has 1 heterocycles. The lowest BCUT2D eigenvalue weighted by Crippen LogP contribution is -2.32. The highest BCUT2D eigenvalue weighted by Gasteiger charge is 2.41. The zero-order valence-electron chi connectivity index (χ0n) is 11.2. The van der Waals surface area contributed by atoms with Gasteiger partial charge in [0.05, 0.1) is 0 Å². The third-order valence-electron chi connectivity index (χ3n) is 4.10. The van der Waals surface area contributed by atoms with Crippen LogP contribution < -0.4 is 0 Å². The van der Waals surface area contributed by atoms with E-state index < -0.39 is 11.6 Å². The average Bonchev–Trinajstić information content (AvgIpc) is 2.94. The molecule has 0 amide bonds. The summed E-state index contributed by atoms with van der Waals surface area (Å²) >= 11 is 0. The molecule has 2 atom stereocenters. The van der Waals surface area contributed by atoms with Crippen LogP contribution in [0.2, 0.25) is 0 Å². The van der Waals surface area contributed by atoms with Crippen molar-refractivity contribution >= 4 is 5.97 Å². The first-order valence-corrected chi connectivity index (χ1v) is 6.68. The van der Waals surface area contributed by atoms with Crippen molar-refractivity contribution in [2.24, 2.45) is 0 Å². The van der Waals surface area contributed by atoms with Crippen molar-refractivity contribution in [1.82, 2.24) is 0 Å². The average molecular weight is 272 g/mol. The number of aliphatic hydroxyl groups is 1. The van der Waals surface area contributed by atoms with Crippen LogP contribution in [0, 0.1) is 0 Å². The lowest BCUT2D eigenvalue weighted by Gasteiger charge is -2.35. The molecular weight excluding hydrogens is 256 g/mol. The van der Waals surface area contributed by atoms with Crippen LogP contribution in [-0.4, -0.2) is 16.2 Å². The van der Waals surface area contributed by atoms with Crippen LogP contribution in [-0.2, 0) is 5.60 Å². The van der Waals surface area contributed by atoms with Crippen molar-refractivity contribution in [2.45, 2.75) is 31.3 Å². The largest absolute Gasteiger partial charge is 0.475 e. The fraction of sp³-hybridized carbons (Fsp3) is 0.312. The number of fused-ring (bicyclic) bond motifs is 1.